The van der Waals surface area contributed by atoms with Crippen LogP contribution in [0.4, 0.5) is 5.13 Å². The van der Waals surface area contributed by atoms with Gasteiger partial charge in [-0.3, -0.25) is 4.79 Å². The Morgan fingerprint density at radius 3 is 2.32 bits per heavy atom. The maximum Gasteiger partial charge on any atom is 0.236 e. The highest BCUT2D eigenvalue weighted by Crippen LogP contribution is 2.40. The number of methoxy groups -OCH3 is 1. The Kier molecular flexibility index (Phi) is 8.19. The van der Waals surface area contributed by atoms with Gasteiger partial charge in [-0.05, 0) is 64.3 Å². The molecule has 0 aliphatic carbocycles. The van der Waals surface area contributed by atoms with Gasteiger partial charge in [0.1, 0.15) is 11.5 Å². The molecule has 0 saturated carbocycles. The van der Waals surface area contributed by atoms with E-state index in [0.717, 1.165) is 45.7 Å². The molecule has 0 spiro atoms. The van der Waals surface area contributed by atoms with Crippen molar-refractivity contribution in [2.24, 2.45) is 0 Å². The summed E-state index contributed by atoms with van der Waals surface area (Å²) in [5.41, 5.74) is 3.83. The molecule has 0 bridgehead atoms. The van der Waals surface area contributed by atoms with Crippen LogP contribution < -0.4 is 10.1 Å². The van der Waals surface area contributed by atoms with Crippen LogP contribution >= 0.6 is 23.1 Å². The molecule has 2 aromatic carbocycles. The molecule has 7 heteroatoms. The molecule has 3 rings (SSSR count). The van der Waals surface area contributed by atoms with Crippen LogP contribution in [0, 0.1) is 0 Å². The van der Waals surface area contributed by atoms with E-state index >= 15 is 0 Å². The molecule has 0 saturated heterocycles. The van der Waals surface area contributed by atoms with Gasteiger partial charge in [-0.15, -0.1) is 0 Å². The number of thiazole rings is 1. The first-order valence-corrected chi connectivity index (χ1v) is 13.5. The Labute approximate surface area is 211 Å². The van der Waals surface area contributed by atoms with Crippen LogP contribution in [-0.2, 0) is 22.0 Å². The Bertz CT molecular complexity index is 1120. The lowest BCUT2D eigenvalue weighted by atomic mass is 9.78. The summed E-state index contributed by atoms with van der Waals surface area (Å²) in [6.07, 6.45) is 1.89. The number of rotatable bonds is 8. The van der Waals surface area contributed by atoms with Crippen molar-refractivity contribution in [2.75, 3.05) is 23.9 Å². The highest BCUT2D eigenvalue weighted by molar-refractivity contribution is 7.99. The number of anilines is 1. The monoisotopic (exact) mass is 500 g/mol. The summed E-state index contributed by atoms with van der Waals surface area (Å²) in [6.45, 7) is 12.8. The number of ether oxygens (including phenoxy) is 1. The molecule has 0 fully saturated rings. The van der Waals surface area contributed by atoms with Crippen molar-refractivity contribution in [1.29, 1.82) is 0 Å². The third kappa shape index (κ3) is 6.66. The van der Waals surface area contributed by atoms with E-state index in [-0.39, 0.29) is 16.7 Å². The number of nitrogens with one attached hydrogen (secondary N) is 1. The van der Waals surface area contributed by atoms with Gasteiger partial charge in [0.05, 0.1) is 23.1 Å². The van der Waals surface area contributed by atoms with Gasteiger partial charge in [-0.25, -0.2) is 4.98 Å². The quantitative estimate of drug-likeness (QED) is 0.329. The number of amides is 1. The lowest BCUT2D eigenvalue weighted by molar-refractivity contribution is -0.113. The molecule has 5 nitrogen and oxygen atoms in total. The molecule has 0 radical (unpaired) electrons. The van der Waals surface area contributed by atoms with Crippen LogP contribution in [0.15, 0.2) is 30.3 Å². The van der Waals surface area contributed by atoms with E-state index < -0.39 is 0 Å². The zero-order valence-electron chi connectivity index (χ0n) is 21.2. The Morgan fingerprint density at radius 2 is 1.74 bits per heavy atom. The van der Waals surface area contributed by atoms with Gasteiger partial charge in [0.15, 0.2) is 5.13 Å². The van der Waals surface area contributed by atoms with Crippen molar-refractivity contribution >= 4 is 44.4 Å². The number of aryl methyl sites for hydroxylation is 1. The molecule has 1 aromatic heterocycles. The number of nitrogens with zero attached hydrogens (tertiary/aromatic N) is 1. The molecule has 0 unspecified atom stereocenters. The minimum Gasteiger partial charge on any atom is -0.507 e. The Balaban J connectivity index is 1.53. The Morgan fingerprint density at radius 1 is 1.09 bits per heavy atom. The fraction of sp³-hybridized carbons (Fsp3) is 0.481. The van der Waals surface area contributed by atoms with Crippen LogP contribution in [-0.4, -0.2) is 34.6 Å². The van der Waals surface area contributed by atoms with Crippen molar-refractivity contribution in [3.8, 4) is 11.5 Å². The van der Waals surface area contributed by atoms with Crippen molar-refractivity contribution in [1.82, 2.24) is 4.98 Å². The molecule has 1 heterocycles. The van der Waals surface area contributed by atoms with E-state index in [4.69, 9.17) is 4.74 Å². The third-order valence-corrected chi connectivity index (χ3v) is 7.59. The molecular formula is C27H36N2O3S2. The standard InChI is InChI=1S/C27H36N2O3S2/c1-26(2,3)19-13-17(14-20(24(19)31)27(4,5)6)9-8-12-33-16-23(30)29-25-28-21-11-10-18(32-7)15-22(21)34-25/h10-11,13-15,31H,8-9,12,16H2,1-7H3,(H,28,29,30). The summed E-state index contributed by atoms with van der Waals surface area (Å²) < 4.78 is 6.23. The molecule has 0 atom stereocenters. The molecule has 184 valence electrons. The lowest BCUT2D eigenvalue weighted by Gasteiger charge is -2.28. The summed E-state index contributed by atoms with van der Waals surface area (Å²) >= 11 is 3.08. The van der Waals surface area contributed by atoms with E-state index in [9.17, 15) is 9.90 Å². The number of thioether (sulfide) groups is 1. The fourth-order valence-corrected chi connectivity index (χ4v) is 5.43. The minimum absolute atomic E-state index is 0.0364. The largest absolute Gasteiger partial charge is 0.507 e. The van der Waals surface area contributed by atoms with Crippen LogP contribution in [0.2, 0.25) is 0 Å². The second kappa shape index (κ2) is 10.6. The van der Waals surface area contributed by atoms with Crippen molar-refractivity contribution in [2.45, 2.75) is 65.2 Å². The molecule has 1 amide bonds. The number of phenols is 1. The van der Waals surface area contributed by atoms with E-state index in [2.05, 4.69) is 64.0 Å². The van der Waals surface area contributed by atoms with Crippen molar-refractivity contribution in [3.63, 3.8) is 0 Å². The number of carbonyl (C=O) groups is 1. The predicted molar refractivity (Wildman–Crippen MR) is 146 cm³/mol. The first-order chi connectivity index (χ1) is 15.9. The van der Waals surface area contributed by atoms with Gasteiger partial charge in [0, 0.05) is 0 Å². The first-order valence-electron chi connectivity index (χ1n) is 11.6. The lowest BCUT2D eigenvalue weighted by Crippen LogP contribution is -2.18. The van der Waals surface area contributed by atoms with E-state index in [1.54, 1.807) is 18.9 Å². The maximum absolute atomic E-state index is 12.4. The van der Waals surface area contributed by atoms with Crippen molar-refractivity contribution in [3.05, 3.63) is 47.0 Å². The van der Waals surface area contributed by atoms with Gasteiger partial charge in [0.25, 0.3) is 0 Å². The number of aromatic nitrogens is 1. The predicted octanol–water partition coefficient (Wildman–Crippen LogP) is 6.91. The summed E-state index contributed by atoms with van der Waals surface area (Å²) in [5.74, 6) is 2.45. The number of phenolic OH excluding ortho intramolecular Hbond substituents is 1. The highest BCUT2D eigenvalue weighted by Gasteiger charge is 2.26. The van der Waals surface area contributed by atoms with E-state index in [0.29, 0.717) is 16.6 Å². The normalized spacial score (nSPS) is 12.2. The fourth-order valence-electron chi connectivity index (χ4n) is 3.77. The molecule has 34 heavy (non-hydrogen) atoms. The highest BCUT2D eigenvalue weighted by atomic mass is 32.2. The molecule has 0 aliphatic heterocycles. The SMILES string of the molecule is COc1ccc2nc(NC(=O)CSCCCc3cc(C(C)(C)C)c(O)c(C(C)(C)C)c3)sc2c1. The average Bonchev–Trinajstić information content (AvgIpc) is 3.13. The van der Waals surface area contributed by atoms with Crippen LogP contribution in [0.1, 0.15) is 64.7 Å². The number of benzene rings is 2. The first kappa shape index (κ1) is 26.4. The number of aromatic hydroxyl groups is 1. The van der Waals surface area contributed by atoms with Gasteiger partial charge in [0.2, 0.25) is 5.91 Å². The van der Waals surface area contributed by atoms with Crippen LogP contribution in [0.3, 0.4) is 0 Å². The molecule has 2 N–H and O–H groups in total. The number of carbonyl (C=O) groups excluding carboxylic acids is 1. The smallest absolute Gasteiger partial charge is 0.236 e. The Hall–Kier alpha value is -2.25. The van der Waals surface area contributed by atoms with Gasteiger partial charge in [-0.2, -0.15) is 11.8 Å². The minimum atomic E-state index is -0.126. The number of hydrogen-bond donors (Lipinski definition) is 2. The zero-order valence-corrected chi connectivity index (χ0v) is 22.9. The van der Waals surface area contributed by atoms with E-state index in [1.807, 2.05) is 18.2 Å². The molecule has 3 aromatic rings. The summed E-state index contributed by atoms with van der Waals surface area (Å²) in [5, 5.41) is 14.4. The summed E-state index contributed by atoms with van der Waals surface area (Å²) in [7, 11) is 1.64. The maximum atomic E-state index is 12.4. The van der Waals surface area contributed by atoms with Crippen LogP contribution in [0.5, 0.6) is 11.5 Å². The van der Waals surface area contributed by atoms with E-state index in [1.165, 1.54) is 16.9 Å². The second-order valence-corrected chi connectivity index (χ2v) is 12.7. The topological polar surface area (TPSA) is 71.5 Å². The second-order valence-electron chi connectivity index (χ2n) is 10.6. The van der Waals surface area contributed by atoms with Gasteiger partial charge < -0.3 is 15.2 Å². The zero-order chi connectivity index (χ0) is 25.1. The average molecular weight is 501 g/mol. The molecule has 0 aliphatic rings. The third-order valence-electron chi connectivity index (χ3n) is 5.61. The number of fused-ring (bicyclic) bond motifs is 1. The van der Waals surface area contributed by atoms with Gasteiger partial charge >= 0.3 is 0 Å². The number of hydrogen-bond acceptors (Lipinski definition) is 6. The van der Waals surface area contributed by atoms with Crippen LogP contribution in [0.25, 0.3) is 10.2 Å². The summed E-state index contributed by atoms with van der Waals surface area (Å²) in [6, 6.07) is 9.98. The van der Waals surface area contributed by atoms with Crippen molar-refractivity contribution < 1.29 is 14.6 Å². The summed E-state index contributed by atoms with van der Waals surface area (Å²) in [4.78, 5) is 16.9. The molecular weight excluding hydrogens is 464 g/mol. The van der Waals surface area contributed by atoms with Gasteiger partial charge in [-0.1, -0.05) is 65.0 Å².